The lowest BCUT2D eigenvalue weighted by Crippen LogP contribution is -2.47. The Morgan fingerprint density at radius 1 is 1.54 bits per heavy atom. The third kappa shape index (κ3) is 2.76. The van der Waals surface area contributed by atoms with E-state index >= 15 is 0 Å². The van der Waals surface area contributed by atoms with Crippen molar-refractivity contribution in [2.75, 3.05) is 13.1 Å². The molecule has 1 aliphatic rings. The molecule has 1 saturated heterocycles. The molecule has 4 heteroatoms. The van der Waals surface area contributed by atoms with Crippen LogP contribution < -0.4 is 5.73 Å². The summed E-state index contributed by atoms with van der Waals surface area (Å²) in [6.45, 7) is 7.89. The van der Waals surface area contributed by atoms with Crippen LogP contribution in [-0.4, -0.2) is 32.9 Å². The molecule has 3 nitrogen and oxygen atoms in total. The minimum absolute atomic E-state index is 0.224. The van der Waals surface area contributed by atoms with Crippen LogP contribution in [0.5, 0.6) is 0 Å². The molecule has 0 radical (unpaired) electrons. The van der Waals surface area contributed by atoms with Crippen LogP contribution in [0.3, 0.4) is 0 Å². The summed E-state index contributed by atoms with van der Waals surface area (Å²) in [6.07, 6.45) is 0.972. The maximum atomic E-state index is 11.7. The first-order valence-corrected chi connectivity index (χ1v) is 6.10. The van der Waals surface area contributed by atoms with Gasteiger partial charge >= 0.3 is 0 Å². The predicted octanol–water partition coefficient (Wildman–Crippen LogP) is 0.728. The molecule has 0 bridgehead atoms. The van der Waals surface area contributed by atoms with E-state index in [-0.39, 0.29) is 5.25 Å². The van der Waals surface area contributed by atoms with E-state index in [9.17, 15) is 4.21 Å². The summed E-state index contributed by atoms with van der Waals surface area (Å²) in [6, 6.07) is 0.292. The summed E-state index contributed by atoms with van der Waals surface area (Å²) in [7, 11) is -0.816. The van der Waals surface area contributed by atoms with Gasteiger partial charge in [-0.3, -0.25) is 0 Å². The minimum Gasteiger partial charge on any atom is -0.327 e. The summed E-state index contributed by atoms with van der Waals surface area (Å²) in [4.78, 5) is 0. The van der Waals surface area contributed by atoms with E-state index in [4.69, 9.17) is 5.73 Å². The lowest BCUT2D eigenvalue weighted by molar-refractivity contribution is 0.258. The third-order valence-corrected chi connectivity index (χ3v) is 4.24. The Labute approximate surface area is 83.3 Å². The molecule has 0 aliphatic carbocycles. The fourth-order valence-corrected chi connectivity index (χ4v) is 2.85. The molecule has 13 heavy (non-hydrogen) atoms. The Morgan fingerprint density at radius 2 is 2.15 bits per heavy atom. The number of nitrogens with two attached hydrogens (primary N) is 1. The lowest BCUT2D eigenvalue weighted by Gasteiger charge is -2.34. The highest BCUT2D eigenvalue weighted by atomic mass is 32.2. The minimum atomic E-state index is -0.816. The normalized spacial score (nSPS) is 33.6. The van der Waals surface area contributed by atoms with Crippen LogP contribution in [-0.2, 0) is 11.0 Å². The van der Waals surface area contributed by atoms with Gasteiger partial charge in [0.15, 0.2) is 0 Å². The van der Waals surface area contributed by atoms with Crippen molar-refractivity contribution in [3.63, 3.8) is 0 Å². The van der Waals surface area contributed by atoms with Gasteiger partial charge in [0.25, 0.3) is 0 Å². The first-order valence-electron chi connectivity index (χ1n) is 4.93. The van der Waals surface area contributed by atoms with Crippen LogP contribution in [0.15, 0.2) is 0 Å². The molecule has 3 atom stereocenters. The standard InChI is InChI=1S/C9H20N2OS/c1-7(2)13(12)11-5-4-9(10)8(3)6-11/h7-9H,4-6,10H2,1-3H3. The molecule has 1 aliphatic heterocycles. The van der Waals surface area contributed by atoms with E-state index in [1.807, 2.05) is 13.8 Å². The molecular weight excluding hydrogens is 184 g/mol. The van der Waals surface area contributed by atoms with Gasteiger partial charge in [-0.25, -0.2) is 8.51 Å². The smallest absolute Gasteiger partial charge is 0.0968 e. The van der Waals surface area contributed by atoms with Crippen LogP contribution >= 0.6 is 0 Å². The molecule has 2 N–H and O–H groups in total. The van der Waals surface area contributed by atoms with Gasteiger partial charge in [0.05, 0.1) is 11.0 Å². The summed E-state index contributed by atoms with van der Waals surface area (Å²) < 4.78 is 13.8. The van der Waals surface area contributed by atoms with Crippen molar-refractivity contribution in [3.05, 3.63) is 0 Å². The van der Waals surface area contributed by atoms with Gasteiger partial charge in [-0.05, 0) is 26.2 Å². The fourth-order valence-electron chi connectivity index (χ4n) is 1.59. The van der Waals surface area contributed by atoms with Crippen molar-refractivity contribution >= 4 is 11.0 Å². The lowest BCUT2D eigenvalue weighted by atomic mass is 9.96. The Kier molecular flexibility index (Phi) is 3.88. The summed E-state index contributed by atoms with van der Waals surface area (Å²) in [5.74, 6) is 0.469. The van der Waals surface area contributed by atoms with E-state index < -0.39 is 11.0 Å². The third-order valence-electron chi connectivity index (χ3n) is 2.59. The summed E-state index contributed by atoms with van der Waals surface area (Å²) in [5.41, 5.74) is 5.89. The maximum Gasteiger partial charge on any atom is 0.0968 e. The Balaban J connectivity index is 2.50. The Bertz CT molecular complexity index is 196. The number of piperidine rings is 1. The van der Waals surface area contributed by atoms with Crippen LogP contribution in [0, 0.1) is 5.92 Å². The number of hydrogen-bond donors (Lipinski definition) is 1. The zero-order valence-electron chi connectivity index (χ0n) is 8.69. The Hall–Kier alpha value is 0.0700. The Morgan fingerprint density at radius 3 is 2.62 bits per heavy atom. The summed E-state index contributed by atoms with van der Waals surface area (Å²) in [5, 5.41) is 0.224. The topological polar surface area (TPSA) is 46.3 Å². The maximum absolute atomic E-state index is 11.7. The molecule has 1 fully saturated rings. The van der Waals surface area contributed by atoms with E-state index in [1.54, 1.807) is 0 Å². The van der Waals surface area contributed by atoms with Gasteiger partial charge in [-0.1, -0.05) is 6.92 Å². The average Bonchev–Trinajstić information content (AvgIpc) is 2.08. The molecule has 0 saturated carbocycles. The molecule has 78 valence electrons. The highest BCUT2D eigenvalue weighted by molar-refractivity contribution is 7.83. The highest BCUT2D eigenvalue weighted by Crippen LogP contribution is 2.17. The quantitative estimate of drug-likeness (QED) is 0.720. The van der Waals surface area contributed by atoms with Crippen LogP contribution in [0.2, 0.25) is 0 Å². The molecule has 0 spiro atoms. The van der Waals surface area contributed by atoms with Crippen molar-refractivity contribution < 1.29 is 4.21 Å². The zero-order chi connectivity index (χ0) is 10.0. The van der Waals surface area contributed by atoms with Crippen molar-refractivity contribution in [2.45, 2.75) is 38.5 Å². The summed E-state index contributed by atoms with van der Waals surface area (Å²) >= 11 is 0. The molecule has 0 aromatic heterocycles. The molecule has 0 aromatic rings. The van der Waals surface area contributed by atoms with Crippen LogP contribution in [0.4, 0.5) is 0 Å². The van der Waals surface area contributed by atoms with Crippen molar-refractivity contribution in [1.29, 1.82) is 0 Å². The van der Waals surface area contributed by atoms with Gasteiger partial charge in [-0.2, -0.15) is 0 Å². The average molecular weight is 204 g/mol. The van der Waals surface area contributed by atoms with Crippen molar-refractivity contribution in [3.8, 4) is 0 Å². The van der Waals surface area contributed by atoms with E-state index in [2.05, 4.69) is 11.2 Å². The van der Waals surface area contributed by atoms with Gasteiger partial charge in [0, 0.05) is 24.4 Å². The fraction of sp³-hybridized carbons (Fsp3) is 1.00. The van der Waals surface area contributed by atoms with Gasteiger partial charge in [0.2, 0.25) is 0 Å². The van der Waals surface area contributed by atoms with E-state index in [0.29, 0.717) is 12.0 Å². The van der Waals surface area contributed by atoms with Crippen LogP contribution in [0.1, 0.15) is 27.2 Å². The molecular formula is C9H20N2OS. The number of nitrogens with zero attached hydrogens (tertiary/aromatic N) is 1. The monoisotopic (exact) mass is 204 g/mol. The van der Waals surface area contributed by atoms with Crippen molar-refractivity contribution in [2.24, 2.45) is 11.7 Å². The van der Waals surface area contributed by atoms with E-state index in [1.165, 1.54) is 0 Å². The number of rotatable bonds is 2. The molecule has 1 heterocycles. The van der Waals surface area contributed by atoms with Crippen LogP contribution in [0.25, 0.3) is 0 Å². The molecule has 0 amide bonds. The van der Waals surface area contributed by atoms with Gasteiger partial charge in [0.1, 0.15) is 0 Å². The van der Waals surface area contributed by atoms with Crippen molar-refractivity contribution in [1.82, 2.24) is 4.31 Å². The molecule has 0 aromatic carbocycles. The second kappa shape index (κ2) is 4.53. The van der Waals surface area contributed by atoms with Gasteiger partial charge in [-0.15, -0.1) is 0 Å². The molecule has 1 rings (SSSR count). The SMILES string of the molecule is CC1CN(S(=O)C(C)C)CCC1N. The van der Waals surface area contributed by atoms with E-state index in [0.717, 1.165) is 19.5 Å². The molecule has 3 unspecified atom stereocenters. The van der Waals surface area contributed by atoms with Gasteiger partial charge < -0.3 is 5.73 Å². The highest BCUT2D eigenvalue weighted by Gasteiger charge is 2.27. The first-order chi connectivity index (χ1) is 6.02. The number of hydrogen-bond acceptors (Lipinski definition) is 2. The second-order valence-electron chi connectivity index (χ2n) is 4.14. The zero-order valence-corrected chi connectivity index (χ0v) is 9.51. The first kappa shape index (κ1) is 11.1. The second-order valence-corrected chi connectivity index (χ2v) is 6.15. The predicted molar refractivity (Wildman–Crippen MR) is 56.6 cm³/mol. The largest absolute Gasteiger partial charge is 0.327 e.